The molecule has 1 aromatic heterocycles. The van der Waals surface area contributed by atoms with Gasteiger partial charge in [-0.25, -0.2) is 13.2 Å². The SMILES string of the molecule is Cc1ccc(S(=O)(=O)NC(C)C(=O)Oc2nc(-c3cccc([N+](=O)[O-])c3)cc(-c3ccc4c(c3)Sc3ccccc3O4)n2)cc1. The lowest BCUT2D eigenvalue weighted by atomic mass is 10.1. The van der Waals surface area contributed by atoms with Gasteiger partial charge in [0, 0.05) is 23.3 Å². The molecule has 0 bridgehead atoms. The van der Waals surface area contributed by atoms with Crippen molar-refractivity contribution in [2.24, 2.45) is 0 Å². The summed E-state index contributed by atoms with van der Waals surface area (Å²) in [6.07, 6.45) is 0. The molecule has 0 aliphatic carbocycles. The van der Waals surface area contributed by atoms with Crippen molar-refractivity contribution >= 4 is 33.4 Å². The zero-order chi connectivity index (χ0) is 31.7. The molecule has 45 heavy (non-hydrogen) atoms. The molecular weight excluding hydrogens is 617 g/mol. The maximum Gasteiger partial charge on any atom is 0.331 e. The number of carbonyl (C=O) groups is 1. The van der Waals surface area contributed by atoms with Crippen molar-refractivity contribution < 1.29 is 27.6 Å². The Morgan fingerprint density at radius 3 is 2.31 bits per heavy atom. The van der Waals surface area contributed by atoms with Crippen molar-refractivity contribution in [2.45, 2.75) is 34.6 Å². The molecular formula is C32H24N4O7S2. The second-order valence-corrected chi connectivity index (χ2v) is 12.9. The zero-order valence-corrected chi connectivity index (χ0v) is 25.5. The van der Waals surface area contributed by atoms with E-state index in [1.54, 1.807) is 36.4 Å². The number of ether oxygens (including phenoxy) is 2. The van der Waals surface area contributed by atoms with E-state index in [-0.39, 0.29) is 22.3 Å². The van der Waals surface area contributed by atoms with Crippen molar-refractivity contribution in [2.75, 3.05) is 0 Å². The first-order valence-corrected chi connectivity index (χ1v) is 15.9. The van der Waals surface area contributed by atoms with Gasteiger partial charge < -0.3 is 9.47 Å². The highest BCUT2D eigenvalue weighted by atomic mass is 32.2. The van der Waals surface area contributed by atoms with Gasteiger partial charge in [-0.15, -0.1) is 0 Å². The van der Waals surface area contributed by atoms with Crippen molar-refractivity contribution in [3.63, 3.8) is 0 Å². The van der Waals surface area contributed by atoms with E-state index in [0.29, 0.717) is 22.6 Å². The number of nitrogens with zero attached hydrogens (tertiary/aromatic N) is 3. The van der Waals surface area contributed by atoms with E-state index >= 15 is 0 Å². The highest BCUT2D eigenvalue weighted by Crippen LogP contribution is 2.48. The van der Waals surface area contributed by atoms with Gasteiger partial charge >= 0.3 is 12.0 Å². The monoisotopic (exact) mass is 640 g/mol. The average Bonchev–Trinajstić information content (AvgIpc) is 3.03. The zero-order valence-electron chi connectivity index (χ0n) is 23.8. The quantitative estimate of drug-likeness (QED) is 0.110. The number of hydrogen-bond acceptors (Lipinski definition) is 10. The molecule has 5 aromatic rings. The van der Waals surface area contributed by atoms with Gasteiger partial charge in [0.2, 0.25) is 10.0 Å². The van der Waals surface area contributed by atoms with Crippen LogP contribution in [0.3, 0.4) is 0 Å². The number of non-ortho nitro benzene ring substituents is 1. The molecule has 11 nitrogen and oxygen atoms in total. The van der Waals surface area contributed by atoms with Crippen LogP contribution in [0.2, 0.25) is 0 Å². The summed E-state index contributed by atoms with van der Waals surface area (Å²) in [5.74, 6) is 0.467. The summed E-state index contributed by atoms with van der Waals surface area (Å²) in [5, 5.41) is 11.5. The number of nitro groups is 1. The molecule has 226 valence electrons. The topological polar surface area (TPSA) is 151 Å². The standard InChI is InChI=1S/C32H24N4O7S2/c1-19-10-13-24(14-11-19)45(40,41)35-20(2)31(37)43-32-33-25(21-6-5-7-23(16-21)36(38)39)18-26(34-32)22-12-15-28-30(17-22)44-29-9-4-3-8-27(29)42-28/h3-18,20,35H,1-2H3. The summed E-state index contributed by atoms with van der Waals surface area (Å²) >= 11 is 1.53. The summed E-state index contributed by atoms with van der Waals surface area (Å²) in [4.78, 5) is 34.6. The van der Waals surface area contributed by atoms with Crippen LogP contribution in [0.15, 0.2) is 112 Å². The lowest BCUT2D eigenvalue weighted by Gasteiger charge is -2.20. The number of nitrogens with one attached hydrogen (secondary N) is 1. The van der Waals surface area contributed by atoms with Crippen LogP contribution in [0.5, 0.6) is 17.5 Å². The molecule has 1 atom stereocenters. The largest absolute Gasteiger partial charge is 0.455 e. The molecule has 6 rings (SSSR count). The van der Waals surface area contributed by atoms with Gasteiger partial charge in [-0.3, -0.25) is 10.1 Å². The van der Waals surface area contributed by atoms with Crippen LogP contribution in [-0.2, 0) is 14.8 Å². The second-order valence-electron chi connectivity index (χ2n) is 10.1. The molecule has 0 spiro atoms. The van der Waals surface area contributed by atoms with Crippen molar-refractivity contribution in [3.05, 3.63) is 113 Å². The van der Waals surface area contributed by atoms with Crippen LogP contribution in [0.25, 0.3) is 22.5 Å². The van der Waals surface area contributed by atoms with E-state index in [2.05, 4.69) is 14.7 Å². The number of aromatic nitrogens is 2. The number of aryl methyl sites for hydroxylation is 1. The Morgan fingerprint density at radius 2 is 1.58 bits per heavy atom. The number of sulfonamides is 1. The Labute approximate surface area is 262 Å². The van der Waals surface area contributed by atoms with Crippen LogP contribution in [0.1, 0.15) is 12.5 Å². The summed E-state index contributed by atoms with van der Waals surface area (Å²) in [6.45, 7) is 3.17. The summed E-state index contributed by atoms with van der Waals surface area (Å²) in [5.41, 5.74) is 2.39. The highest BCUT2D eigenvalue weighted by Gasteiger charge is 2.25. The van der Waals surface area contributed by atoms with Crippen molar-refractivity contribution in [3.8, 4) is 40.0 Å². The highest BCUT2D eigenvalue weighted by molar-refractivity contribution is 7.99. The summed E-state index contributed by atoms with van der Waals surface area (Å²) in [6, 6.07) is 25.1. The molecule has 1 N–H and O–H groups in total. The molecule has 0 saturated carbocycles. The van der Waals surface area contributed by atoms with Gasteiger partial charge in [-0.2, -0.15) is 14.7 Å². The molecule has 0 amide bonds. The smallest absolute Gasteiger partial charge is 0.331 e. The minimum atomic E-state index is -4.03. The minimum absolute atomic E-state index is 0.00385. The third-order valence-corrected chi connectivity index (χ3v) is 9.45. The van der Waals surface area contributed by atoms with Crippen molar-refractivity contribution in [1.29, 1.82) is 0 Å². The first-order valence-electron chi connectivity index (χ1n) is 13.6. The Morgan fingerprint density at radius 1 is 0.889 bits per heavy atom. The van der Waals surface area contributed by atoms with E-state index in [4.69, 9.17) is 9.47 Å². The number of fused-ring (bicyclic) bond motifs is 2. The normalized spacial score (nSPS) is 12.8. The molecule has 1 aliphatic heterocycles. The summed E-state index contributed by atoms with van der Waals surface area (Å²) in [7, 11) is -4.03. The second kappa shape index (κ2) is 12.1. The number of carbonyl (C=O) groups excluding carboxylic acids is 1. The van der Waals surface area contributed by atoms with Crippen molar-refractivity contribution in [1.82, 2.24) is 14.7 Å². The number of benzene rings is 4. The van der Waals surface area contributed by atoms with Crippen LogP contribution in [-0.4, -0.2) is 35.3 Å². The van der Waals surface area contributed by atoms with E-state index in [9.17, 15) is 23.3 Å². The maximum atomic E-state index is 13.1. The first kappa shape index (κ1) is 29.9. The molecule has 4 aromatic carbocycles. The maximum absolute atomic E-state index is 13.1. The molecule has 1 aliphatic rings. The molecule has 1 unspecified atom stereocenters. The molecule has 0 saturated heterocycles. The van der Waals surface area contributed by atoms with Crippen LogP contribution < -0.4 is 14.2 Å². The Bertz CT molecular complexity index is 2070. The van der Waals surface area contributed by atoms with E-state index in [1.807, 2.05) is 37.3 Å². The number of rotatable bonds is 8. The molecule has 13 heteroatoms. The lowest BCUT2D eigenvalue weighted by molar-refractivity contribution is -0.384. The molecule has 2 heterocycles. The predicted molar refractivity (Wildman–Crippen MR) is 167 cm³/mol. The average molecular weight is 641 g/mol. The predicted octanol–water partition coefficient (Wildman–Crippen LogP) is 6.56. The third-order valence-electron chi connectivity index (χ3n) is 6.80. The first-order chi connectivity index (χ1) is 21.6. The number of esters is 1. The third kappa shape index (κ3) is 6.55. The Kier molecular flexibility index (Phi) is 8.06. The minimum Gasteiger partial charge on any atom is -0.455 e. The Hall–Kier alpha value is -5.11. The van der Waals surface area contributed by atoms with Crippen LogP contribution in [0, 0.1) is 17.0 Å². The molecule has 0 fully saturated rings. The fourth-order valence-corrected chi connectivity index (χ4v) is 6.66. The van der Waals surface area contributed by atoms with E-state index in [1.165, 1.54) is 49.0 Å². The van der Waals surface area contributed by atoms with Gasteiger partial charge in [-0.1, -0.05) is 53.7 Å². The van der Waals surface area contributed by atoms with Gasteiger partial charge in [0.25, 0.3) is 5.69 Å². The Balaban J connectivity index is 1.33. The van der Waals surface area contributed by atoms with Gasteiger partial charge in [0.05, 0.1) is 31.0 Å². The number of nitro benzene ring substituents is 1. The number of para-hydroxylation sites is 1. The van der Waals surface area contributed by atoms with Crippen LogP contribution >= 0.6 is 11.8 Å². The van der Waals surface area contributed by atoms with Gasteiger partial charge in [0.1, 0.15) is 17.5 Å². The van der Waals surface area contributed by atoms with Crippen LogP contribution in [0.4, 0.5) is 5.69 Å². The number of hydrogen-bond donors (Lipinski definition) is 1. The lowest BCUT2D eigenvalue weighted by Crippen LogP contribution is -2.40. The van der Waals surface area contributed by atoms with E-state index < -0.39 is 27.0 Å². The summed E-state index contributed by atoms with van der Waals surface area (Å²) < 4.78 is 39.5. The fraction of sp³-hybridized carbons (Fsp3) is 0.0938. The molecule has 0 radical (unpaired) electrons. The van der Waals surface area contributed by atoms with Gasteiger partial charge in [-0.05, 0) is 62.4 Å². The fourth-order valence-electron chi connectivity index (χ4n) is 4.48. The van der Waals surface area contributed by atoms with Gasteiger partial charge in [0.15, 0.2) is 0 Å². The van der Waals surface area contributed by atoms with E-state index in [0.717, 1.165) is 21.1 Å².